The van der Waals surface area contributed by atoms with Crippen molar-refractivity contribution in [3.63, 3.8) is 0 Å². The number of carboxylic acid groups (broad SMARTS) is 1. The predicted octanol–water partition coefficient (Wildman–Crippen LogP) is 4.69. The van der Waals surface area contributed by atoms with Gasteiger partial charge in [-0.1, -0.05) is 20.8 Å². The Morgan fingerprint density at radius 3 is 2.64 bits per heavy atom. The molecular weight excluding hydrogens is 352 g/mol. The lowest BCUT2D eigenvalue weighted by Crippen LogP contribution is -2.58. The number of ketones is 1. The molecule has 2 unspecified atom stereocenters. The van der Waals surface area contributed by atoms with Crippen molar-refractivity contribution in [2.75, 3.05) is 0 Å². The van der Waals surface area contributed by atoms with Crippen molar-refractivity contribution >= 4 is 11.8 Å². The number of hydrogen-bond donors (Lipinski definition) is 2. The lowest BCUT2D eigenvalue weighted by atomic mass is 9.44. The van der Waals surface area contributed by atoms with E-state index < -0.39 is 5.97 Å². The van der Waals surface area contributed by atoms with Gasteiger partial charge in [0.15, 0.2) is 0 Å². The Kier molecular flexibility index (Phi) is 5.17. The third-order valence-electron chi connectivity index (χ3n) is 10.2. The van der Waals surface area contributed by atoms with E-state index in [1.54, 1.807) is 0 Å². The number of carboxylic acids is 1. The van der Waals surface area contributed by atoms with Gasteiger partial charge in [-0.3, -0.25) is 9.59 Å². The van der Waals surface area contributed by atoms with Crippen LogP contribution in [0.25, 0.3) is 0 Å². The fourth-order valence-electron chi connectivity index (χ4n) is 8.52. The number of aliphatic hydroxyl groups is 1. The van der Waals surface area contributed by atoms with Gasteiger partial charge < -0.3 is 10.2 Å². The van der Waals surface area contributed by atoms with Gasteiger partial charge in [-0.25, -0.2) is 0 Å². The zero-order valence-corrected chi connectivity index (χ0v) is 17.8. The van der Waals surface area contributed by atoms with E-state index in [9.17, 15) is 14.7 Å². The number of aliphatic hydroxyl groups excluding tert-OH is 1. The molecule has 4 nitrogen and oxygen atoms in total. The number of Topliss-reactive ketones (excluding diaryl/α,β-unsaturated/α-hetero) is 1. The number of fused-ring (bicyclic) bond motifs is 5. The quantitative estimate of drug-likeness (QED) is 0.730. The zero-order chi connectivity index (χ0) is 20.3. The van der Waals surface area contributed by atoms with Crippen LogP contribution in [0.3, 0.4) is 0 Å². The highest BCUT2D eigenvalue weighted by Crippen LogP contribution is 2.68. The summed E-state index contributed by atoms with van der Waals surface area (Å²) in [5.74, 6) is 2.76. The van der Waals surface area contributed by atoms with Crippen molar-refractivity contribution < 1.29 is 19.8 Å². The summed E-state index contributed by atoms with van der Waals surface area (Å²) in [5, 5.41) is 20.5. The molecule has 4 aliphatic rings. The highest BCUT2D eigenvalue weighted by atomic mass is 16.4. The minimum atomic E-state index is -0.714. The van der Waals surface area contributed by atoms with Crippen LogP contribution in [0, 0.1) is 46.3 Å². The maximum atomic E-state index is 12.1. The Bertz CT molecular complexity index is 645. The molecule has 4 fully saturated rings. The van der Waals surface area contributed by atoms with Gasteiger partial charge in [0.05, 0.1) is 6.10 Å². The summed E-state index contributed by atoms with van der Waals surface area (Å²) >= 11 is 0. The maximum absolute atomic E-state index is 12.1. The Labute approximate surface area is 169 Å². The van der Waals surface area contributed by atoms with E-state index in [4.69, 9.17) is 5.11 Å². The van der Waals surface area contributed by atoms with Gasteiger partial charge in [0.2, 0.25) is 0 Å². The molecule has 4 aliphatic carbocycles. The summed E-state index contributed by atoms with van der Waals surface area (Å²) in [7, 11) is 0. The van der Waals surface area contributed by atoms with Crippen LogP contribution in [0.2, 0.25) is 0 Å². The van der Waals surface area contributed by atoms with Gasteiger partial charge in [-0.05, 0) is 91.3 Å². The van der Waals surface area contributed by atoms with Crippen molar-refractivity contribution in [3.05, 3.63) is 0 Å². The van der Waals surface area contributed by atoms with Crippen LogP contribution in [-0.2, 0) is 9.59 Å². The Morgan fingerprint density at radius 1 is 1.18 bits per heavy atom. The molecule has 0 amide bonds. The lowest BCUT2D eigenvalue weighted by Gasteiger charge is -2.62. The molecule has 0 bridgehead atoms. The SMILES string of the molecule is C[C@H](CCC(=O)O)C1CCC2[C@@H]3CC[C@@H]4CC(=O)CC[C@]4(C)[C@H]3C[C@H](O)[C@]12C. The molecule has 0 aromatic heterocycles. The summed E-state index contributed by atoms with van der Waals surface area (Å²) in [4.78, 5) is 23.1. The monoisotopic (exact) mass is 390 g/mol. The van der Waals surface area contributed by atoms with E-state index in [0.717, 1.165) is 32.1 Å². The first kappa shape index (κ1) is 20.4. The molecule has 28 heavy (non-hydrogen) atoms. The first-order valence-corrected chi connectivity index (χ1v) is 11.6. The summed E-state index contributed by atoms with van der Waals surface area (Å²) in [6, 6.07) is 0. The molecule has 2 N–H and O–H groups in total. The zero-order valence-electron chi connectivity index (χ0n) is 17.8. The first-order chi connectivity index (χ1) is 13.2. The first-order valence-electron chi connectivity index (χ1n) is 11.6. The largest absolute Gasteiger partial charge is 0.481 e. The molecule has 4 heteroatoms. The molecule has 4 rings (SSSR count). The second kappa shape index (κ2) is 7.11. The Hall–Kier alpha value is -0.900. The van der Waals surface area contributed by atoms with Crippen molar-refractivity contribution in [3.8, 4) is 0 Å². The van der Waals surface area contributed by atoms with Crippen LogP contribution in [0.15, 0.2) is 0 Å². The highest BCUT2D eigenvalue weighted by molar-refractivity contribution is 5.79. The summed E-state index contributed by atoms with van der Waals surface area (Å²) in [5.41, 5.74) is 0.138. The van der Waals surface area contributed by atoms with Crippen LogP contribution in [-0.4, -0.2) is 28.1 Å². The molecule has 0 aliphatic heterocycles. The van der Waals surface area contributed by atoms with Crippen LogP contribution in [0.1, 0.15) is 85.0 Å². The molecule has 0 heterocycles. The topological polar surface area (TPSA) is 74.6 Å². The Morgan fingerprint density at radius 2 is 1.93 bits per heavy atom. The third kappa shape index (κ3) is 2.97. The summed E-state index contributed by atoms with van der Waals surface area (Å²) < 4.78 is 0. The average Bonchev–Trinajstić information content (AvgIpc) is 3.00. The molecule has 0 spiro atoms. The molecule has 0 radical (unpaired) electrons. The smallest absolute Gasteiger partial charge is 0.303 e. The number of carbonyl (C=O) groups is 2. The maximum Gasteiger partial charge on any atom is 0.303 e. The molecule has 4 saturated carbocycles. The van der Waals surface area contributed by atoms with E-state index in [2.05, 4.69) is 20.8 Å². The second-order valence-corrected chi connectivity index (χ2v) is 11.1. The normalized spacial score (nSPS) is 49.1. The molecule has 0 aromatic carbocycles. The Balaban J connectivity index is 1.57. The van der Waals surface area contributed by atoms with Gasteiger partial charge in [0.25, 0.3) is 0 Å². The minimum absolute atomic E-state index is 0.0766. The fourth-order valence-corrected chi connectivity index (χ4v) is 8.52. The highest BCUT2D eigenvalue weighted by Gasteiger charge is 2.63. The molecule has 0 aromatic rings. The number of hydrogen-bond acceptors (Lipinski definition) is 3. The van der Waals surface area contributed by atoms with Crippen LogP contribution < -0.4 is 0 Å². The van der Waals surface area contributed by atoms with Crippen LogP contribution in [0.5, 0.6) is 0 Å². The van der Waals surface area contributed by atoms with Crippen molar-refractivity contribution in [2.45, 2.75) is 91.1 Å². The molecular formula is C24H38O4. The summed E-state index contributed by atoms with van der Waals surface area (Å²) in [6.45, 7) is 6.93. The van der Waals surface area contributed by atoms with Gasteiger partial charge in [-0.2, -0.15) is 0 Å². The number of carbonyl (C=O) groups excluding carboxylic acids is 1. The molecule has 158 valence electrons. The second-order valence-electron chi connectivity index (χ2n) is 11.1. The van der Waals surface area contributed by atoms with E-state index >= 15 is 0 Å². The summed E-state index contributed by atoms with van der Waals surface area (Å²) in [6.07, 6.45) is 8.69. The fraction of sp³-hybridized carbons (Fsp3) is 0.917. The van der Waals surface area contributed by atoms with E-state index in [1.165, 1.54) is 19.3 Å². The minimum Gasteiger partial charge on any atom is -0.481 e. The van der Waals surface area contributed by atoms with Gasteiger partial charge in [0.1, 0.15) is 5.78 Å². The van der Waals surface area contributed by atoms with Gasteiger partial charge >= 0.3 is 5.97 Å². The molecule has 9 atom stereocenters. The van der Waals surface area contributed by atoms with Crippen molar-refractivity contribution in [1.82, 2.24) is 0 Å². The van der Waals surface area contributed by atoms with E-state index in [1.807, 2.05) is 0 Å². The average molecular weight is 391 g/mol. The number of aliphatic carboxylic acids is 1. The van der Waals surface area contributed by atoms with Gasteiger partial charge in [0, 0.05) is 19.3 Å². The van der Waals surface area contributed by atoms with Gasteiger partial charge in [-0.15, -0.1) is 0 Å². The van der Waals surface area contributed by atoms with E-state index in [0.29, 0.717) is 47.7 Å². The van der Waals surface area contributed by atoms with E-state index in [-0.39, 0.29) is 23.4 Å². The predicted molar refractivity (Wildman–Crippen MR) is 108 cm³/mol. The van der Waals surface area contributed by atoms with Crippen LogP contribution >= 0.6 is 0 Å². The lowest BCUT2D eigenvalue weighted by molar-refractivity contribution is -0.171. The number of rotatable bonds is 4. The van der Waals surface area contributed by atoms with Crippen LogP contribution in [0.4, 0.5) is 0 Å². The molecule has 0 saturated heterocycles. The van der Waals surface area contributed by atoms with Crippen molar-refractivity contribution in [1.29, 1.82) is 0 Å². The van der Waals surface area contributed by atoms with Crippen molar-refractivity contribution in [2.24, 2.45) is 46.3 Å². The third-order valence-corrected chi connectivity index (χ3v) is 10.2. The standard InChI is InChI=1S/C24H38O4/c1-14(4-9-22(27)28)18-7-8-19-17-6-5-15-12-16(25)10-11-23(15,2)20(17)13-21(26)24(18,19)3/h14-15,17-21,26H,4-13H2,1-3H3,(H,27,28)/t14-,15-,17+,18?,19?,20+,21+,23+,24-/m1/s1.